The number of rotatable bonds is 2. The van der Waals surface area contributed by atoms with Gasteiger partial charge in [0.15, 0.2) is 0 Å². The molecule has 1 amide bonds. The van der Waals surface area contributed by atoms with Crippen molar-refractivity contribution < 1.29 is 14.0 Å². The zero-order valence-electron chi connectivity index (χ0n) is 14.8. The molecule has 0 unspecified atom stereocenters. The molecule has 1 aromatic heterocycles. The Labute approximate surface area is 155 Å². The lowest BCUT2D eigenvalue weighted by Crippen LogP contribution is -2.28. The number of piperidine rings is 1. The number of nitrogens with one attached hydrogen (secondary N) is 3. The zero-order chi connectivity index (χ0) is 18.4. The highest BCUT2D eigenvalue weighted by molar-refractivity contribution is 6.09. The van der Waals surface area contributed by atoms with Crippen molar-refractivity contribution in [3.8, 4) is 11.3 Å². The van der Waals surface area contributed by atoms with Gasteiger partial charge < -0.3 is 10.3 Å². The Hall–Kier alpha value is -2.70. The van der Waals surface area contributed by atoms with Crippen molar-refractivity contribution in [2.75, 3.05) is 13.1 Å². The summed E-state index contributed by atoms with van der Waals surface area (Å²) in [6.45, 7) is 2.11. The maximum absolute atomic E-state index is 15.1. The van der Waals surface area contributed by atoms with Gasteiger partial charge in [-0.25, -0.2) is 9.87 Å². The van der Waals surface area contributed by atoms with Crippen molar-refractivity contribution in [2.45, 2.75) is 25.4 Å². The van der Waals surface area contributed by atoms with Crippen LogP contribution in [0.15, 0.2) is 36.4 Å². The van der Waals surface area contributed by atoms with Gasteiger partial charge in [0.25, 0.3) is 5.91 Å². The SMILES string of the molecule is O=C1NOCc2c(-c3ccc([C@H]4CCCNC4)cc3F)[nH]c3cccc1c23. The molecule has 5 rings (SSSR count). The van der Waals surface area contributed by atoms with Gasteiger partial charge in [-0.1, -0.05) is 12.1 Å². The van der Waals surface area contributed by atoms with Crippen molar-refractivity contribution >= 4 is 16.8 Å². The van der Waals surface area contributed by atoms with Gasteiger partial charge in [0.1, 0.15) is 12.4 Å². The smallest absolute Gasteiger partial charge is 0.275 e. The summed E-state index contributed by atoms with van der Waals surface area (Å²) >= 11 is 0. The largest absolute Gasteiger partial charge is 0.354 e. The Bertz CT molecular complexity index is 1040. The number of carbonyl (C=O) groups is 1. The first-order chi connectivity index (χ1) is 13.2. The molecular weight excluding hydrogens is 345 g/mol. The number of hydroxylamine groups is 1. The van der Waals surface area contributed by atoms with Crippen LogP contribution in [-0.2, 0) is 11.4 Å². The fourth-order valence-corrected chi connectivity index (χ4v) is 4.23. The van der Waals surface area contributed by atoms with Crippen molar-refractivity contribution in [3.63, 3.8) is 0 Å². The normalized spacial score (nSPS) is 19.7. The molecule has 0 bridgehead atoms. The number of aromatic nitrogens is 1. The molecule has 0 saturated carbocycles. The molecule has 3 N–H and O–H groups in total. The number of hydrogen-bond acceptors (Lipinski definition) is 3. The fourth-order valence-electron chi connectivity index (χ4n) is 4.23. The molecule has 2 aliphatic rings. The monoisotopic (exact) mass is 365 g/mol. The van der Waals surface area contributed by atoms with Crippen molar-refractivity contribution in [3.05, 3.63) is 58.9 Å². The summed E-state index contributed by atoms with van der Waals surface area (Å²) in [7, 11) is 0. The first kappa shape index (κ1) is 16.5. The zero-order valence-corrected chi connectivity index (χ0v) is 14.8. The van der Waals surface area contributed by atoms with Crippen LogP contribution in [-0.4, -0.2) is 24.0 Å². The van der Waals surface area contributed by atoms with E-state index in [2.05, 4.69) is 15.8 Å². The van der Waals surface area contributed by atoms with E-state index in [0.29, 0.717) is 22.7 Å². The molecule has 5 nitrogen and oxygen atoms in total. The third-order valence-corrected chi connectivity index (χ3v) is 5.58. The Morgan fingerprint density at radius 1 is 1.15 bits per heavy atom. The fraction of sp³-hybridized carbons (Fsp3) is 0.286. The van der Waals surface area contributed by atoms with E-state index in [1.54, 1.807) is 12.1 Å². The second kappa shape index (κ2) is 6.48. The average molecular weight is 365 g/mol. The van der Waals surface area contributed by atoms with E-state index in [1.807, 2.05) is 24.3 Å². The summed E-state index contributed by atoms with van der Waals surface area (Å²) < 4.78 is 15.1. The molecule has 6 heteroatoms. The number of halogens is 1. The van der Waals surface area contributed by atoms with E-state index in [9.17, 15) is 4.79 Å². The number of benzene rings is 2. The first-order valence-electron chi connectivity index (χ1n) is 9.28. The summed E-state index contributed by atoms with van der Waals surface area (Å²) in [5.74, 6) is -0.195. The van der Waals surface area contributed by atoms with Crippen LogP contribution in [0.5, 0.6) is 0 Å². The van der Waals surface area contributed by atoms with Crippen LogP contribution in [0.1, 0.15) is 40.2 Å². The van der Waals surface area contributed by atoms with Gasteiger partial charge in [0, 0.05) is 28.6 Å². The predicted molar refractivity (Wildman–Crippen MR) is 101 cm³/mol. The summed E-state index contributed by atoms with van der Waals surface area (Å²) in [6, 6.07) is 10.9. The topological polar surface area (TPSA) is 66.2 Å². The highest BCUT2D eigenvalue weighted by atomic mass is 19.1. The van der Waals surface area contributed by atoms with E-state index in [1.165, 1.54) is 0 Å². The van der Waals surface area contributed by atoms with Crippen LogP contribution in [0, 0.1) is 5.82 Å². The molecule has 3 heterocycles. The number of carbonyl (C=O) groups excluding carboxylic acids is 1. The predicted octanol–water partition coefficient (Wildman–Crippen LogP) is 3.62. The molecule has 138 valence electrons. The van der Waals surface area contributed by atoms with E-state index in [0.717, 1.165) is 48.0 Å². The molecule has 1 fully saturated rings. The Morgan fingerprint density at radius 2 is 2.07 bits per heavy atom. The minimum absolute atomic E-state index is 0.186. The maximum Gasteiger partial charge on any atom is 0.275 e. The molecule has 1 saturated heterocycles. The Balaban J connectivity index is 1.62. The van der Waals surface area contributed by atoms with Crippen LogP contribution in [0.25, 0.3) is 22.2 Å². The Kier molecular flexibility index (Phi) is 3.95. The highest BCUT2D eigenvalue weighted by Gasteiger charge is 2.24. The minimum atomic E-state index is -0.287. The second-order valence-electron chi connectivity index (χ2n) is 7.21. The van der Waals surface area contributed by atoms with Crippen LogP contribution in [0.3, 0.4) is 0 Å². The average Bonchev–Trinajstić information content (AvgIpc) is 2.97. The third-order valence-electron chi connectivity index (χ3n) is 5.58. The molecule has 1 atom stereocenters. The van der Waals surface area contributed by atoms with Crippen LogP contribution in [0.2, 0.25) is 0 Å². The van der Waals surface area contributed by atoms with E-state index in [-0.39, 0.29) is 18.3 Å². The van der Waals surface area contributed by atoms with Crippen molar-refractivity contribution in [1.82, 2.24) is 15.8 Å². The van der Waals surface area contributed by atoms with E-state index >= 15 is 4.39 Å². The molecule has 3 aromatic rings. The van der Waals surface area contributed by atoms with Gasteiger partial charge in [0.05, 0.1) is 11.3 Å². The van der Waals surface area contributed by atoms with Crippen molar-refractivity contribution in [2.24, 2.45) is 0 Å². The third kappa shape index (κ3) is 2.72. The summed E-state index contributed by atoms with van der Waals surface area (Å²) in [5.41, 5.74) is 6.76. The lowest BCUT2D eigenvalue weighted by atomic mass is 9.90. The quantitative estimate of drug-likeness (QED) is 0.650. The summed E-state index contributed by atoms with van der Waals surface area (Å²) in [6.07, 6.45) is 2.19. The second-order valence-corrected chi connectivity index (χ2v) is 7.21. The van der Waals surface area contributed by atoms with Crippen LogP contribution < -0.4 is 10.8 Å². The molecule has 0 aliphatic carbocycles. The lowest BCUT2D eigenvalue weighted by Gasteiger charge is -2.23. The highest BCUT2D eigenvalue weighted by Crippen LogP contribution is 2.36. The molecular formula is C21H20FN3O2. The van der Waals surface area contributed by atoms with Gasteiger partial charge in [-0.2, -0.15) is 0 Å². The van der Waals surface area contributed by atoms with Gasteiger partial charge in [-0.3, -0.25) is 9.63 Å². The van der Waals surface area contributed by atoms with E-state index in [4.69, 9.17) is 4.84 Å². The summed E-state index contributed by atoms with van der Waals surface area (Å²) in [4.78, 5) is 20.8. The molecule has 0 radical (unpaired) electrons. The summed E-state index contributed by atoms with van der Waals surface area (Å²) in [5, 5.41) is 4.17. The molecule has 0 spiro atoms. The number of hydrogen-bond donors (Lipinski definition) is 3. The Morgan fingerprint density at radius 3 is 2.89 bits per heavy atom. The van der Waals surface area contributed by atoms with Crippen LogP contribution in [0.4, 0.5) is 4.39 Å². The van der Waals surface area contributed by atoms with E-state index < -0.39 is 0 Å². The van der Waals surface area contributed by atoms with Gasteiger partial charge in [-0.15, -0.1) is 0 Å². The number of aromatic amines is 1. The minimum Gasteiger partial charge on any atom is -0.354 e. The first-order valence-corrected chi connectivity index (χ1v) is 9.28. The lowest BCUT2D eigenvalue weighted by molar-refractivity contribution is 0.0256. The standard InChI is InChI=1S/C21H20FN3O2/c22-17-9-12(13-3-2-8-23-10-13)6-7-14(17)20-16-11-27-25-21(26)15-4-1-5-18(24-20)19(15)16/h1,4-7,9,13,23-24H,2-3,8,10-11H2,(H,25,26)/t13-/m0/s1. The van der Waals surface area contributed by atoms with Gasteiger partial charge in [-0.05, 0) is 55.1 Å². The molecule has 2 aliphatic heterocycles. The number of amides is 1. The maximum atomic E-state index is 15.1. The molecule has 2 aromatic carbocycles. The van der Waals surface area contributed by atoms with Crippen molar-refractivity contribution in [1.29, 1.82) is 0 Å². The number of H-pyrrole nitrogens is 1. The van der Waals surface area contributed by atoms with Gasteiger partial charge in [0.2, 0.25) is 0 Å². The van der Waals surface area contributed by atoms with Crippen LogP contribution >= 0.6 is 0 Å². The van der Waals surface area contributed by atoms with Gasteiger partial charge >= 0.3 is 0 Å². The molecule has 27 heavy (non-hydrogen) atoms.